The highest BCUT2D eigenvalue weighted by Crippen LogP contribution is 2.33. The highest BCUT2D eigenvalue weighted by Gasteiger charge is 2.28. The number of carbonyl (C=O) groups excluding carboxylic acids is 2. The maximum Gasteiger partial charge on any atom is 0.186 e. The van der Waals surface area contributed by atoms with Crippen LogP contribution in [0.4, 0.5) is 5.69 Å². The van der Waals surface area contributed by atoms with Crippen LogP contribution in [0.5, 0.6) is 5.75 Å². The van der Waals surface area contributed by atoms with E-state index >= 15 is 0 Å². The first-order valence-electron chi connectivity index (χ1n) is 7.93. The van der Waals surface area contributed by atoms with Crippen LogP contribution in [-0.4, -0.2) is 23.2 Å². The lowest BCUT2D eigenvalue weighted by atomic mass is 9.97. The molecule has 5 heteroatoms. The number of ketones is 2. The van der Waals surface area contributed by atoms with Gasteiger partial charge in [-0.1, -0.05) is 31.4 Å². The molecule has 0 heterocycles. The molecule has 0 spiro atoms. The van der Waals surface area contributed by atoms with Gasteiger partial charge < -0.3 is 15.7 Å². The van der Waals surface area contributed by atoms with E-state index in [1.54, 1.807) is 24.3 Å². The minimum absolute atomic E-state index is 0.0550. The smallest absolute Gasteiger partial charge is 0.186 e. The van der Waals surface area contributed by atoms with Gasteiger partial charge in [-0.3, -0.25) is 9.59 Å². The minimum atomic E-state index is -0.235. The van der Waals surface area contributed by atoms with Crippen LogP contribution < -0.4 is 10.6 Å². The molecule has 2 rings (SSSR count). The number of hydrogen-bond donors (Lipinski definition) is 3. The van der Waals surface area contributed by atoms with Gasteiger partial charge >= 0.3 is 0 Å². The van der Waals surface area contributed by atoms with Crippen LogP contribution in [0.3, 0.4) is 0 Å². The van der Waals surface area contributed by atoms with Crippen LogP contribution in [0.1, 0.15) is 29.3 Å². The van der Waals surface area contributed by atoms with Crippen molar-refractivity contribution in [2.24, 2.45) is 0 Å². The summed E-state index contributed by atoms with van der Waals surface area (Å²) < 4.78 is 0. The van der Waals surface area contributed by atoms with Crippen molar-refractivity contribution < 1.29 is 14.7 Å². The van der Waals surface area contributed by atoms with Gasteiger partial charge in [0.1, 0.15) is 11.4 Å². The summed E-state index contributed by atoms with van der Waals surface area (Å²) in [5, 5.41) is 16.4. The Hall–Kier alpha value is -3.08. The number of phenolic OH excluding ortho intramolecular Hbond substituents is 1. The molecule has 1 aliphatic carbocycles. The molecule has 5 nitrogen and oxygen atoms in total. The molecule has 0 atom stereocenters. The van der Waals surface area contributed by atoms with E-state index in [1.165, 1.54) is 6.92 Å². The summed E-state index contributed by atoms with van der Waals surface area (Å²) >= 11 is 0. The lowest BCUT2D eigenvalue weighted by Gasteiger charge is -2.25. The zero-order chi connectivity index (χ0) is 18.6. The van der Waals surface area contributed by atoms with Crippen LogP contribution in [0, 0.1) is 6.92 Å². The Kier molecular flexibility index (Phi) is 5.60. The number of rotatable bonds is 8. The second-order valence-corrected chi connectivity index (χ2v) is 5.88. The third-order valence-electron chi connectivity index (χ3n) is 3.91. The second kappa shape index (κ2) is 7.66. The summed E-state index contributed by atoms with van der Waals surface area (Å²) in [5.41, 5.74) is 3.49. The van der Waals surface area contributed by atoms with Crippen molar-refractivity contribution in [3.05, 3.63) is 71.6 Å². The lowest BCUT2D eigenvalue weighted by molar-refractivity contribution is -0.116. The Morgan fingerprint density at radius 1 is 1.36 bits per heavy atom. The van der Waals surface area contributed by atoms with Crippen molar-refractivity contribution in [1.82, 2.24) is 5.32 Å². The molecule has 0 bridgehead atoms. The van der Waals surface area contributed by atoms with Crippen molar-refractivity contribution in [1.29, 1.82) is 0 Å². The molecule has 0 unspecified atom stereocenters. The van der Waals surface area contributed by atoms with Gasteiger partial charge in [-0.2, -0.15) is 0 Å². The van der Waals surface area contributed by atoms with Crippen LogP contribution in [0.25, 0.3) is 0 Å². The summed E-state index contributed by atoms with van der Waals surface area (Å²) in [6.45, 7) is 11.1. The number of Topliss-reactive ketones (excluding diaryl/α,β-unsaturated/α-hetero) is 2. The van der Waals surface area contributed by atoms with Crippen molar-refractivity contribution in [2.75, 3.05) is 11.9 Å². The van der Waals surface area contributed by atoms with E-state index < -0.39 is 0 Å². The van der Waals surface area contributed by atoms with Gasteiger partial charge in [0.05, 0.1) is 17.7 Å². The van der Waals surface area contributed by atoms with E-state index in [-0.39, 0.29) is 22.9 Å². The zero-order valence-corrected chi connectivity index (χ0v) is 14.5. The van der Waals surface area contributed by atoms with E-state index in [0.717, 1.165) is 16.8 Å². The first kappa shape index (κ1) is 18.3. The average Bonchev–Trinajstić information content (AvgIpc) is 2.57. The van der Waals surface area contributed by atoms with Gasteiger partial charge in [-0.15, -0.1) is 0 Å². The lowest BCUT2D eigenvalue weighted by Crippen LogP contribution is -2.33. The Balaban J connectivity index is 2.25. The van der Waals surface area contributed by atoms with Gasteiger partial charge in [-0.25, -0.2) is 0 Å². The third-order valence-corrected chi connectivity index (χ3v) is 3.91. The predicted molar refractivity (Wildman–Crippen MR) is 99.6 cm³/mol. The Bertz CT molecular complexity index is 816. The number of allylic oxidation sites excluding steroid dienone is 4. The normalized spacial score (nSPS) is 14.0. The monoisotopic (exact) mass is 338 g/mol. The summed E-state index contributed by atoms with van der Waals surface area (Å²) in [5.74, 6) is -0.440. The van der Waals surface area contributed by atoms with Gasteiger partial charge in [0, 0.05) is 12.2 Å². The Morgan fingerprint density at radius 3 is 2.64 bits per heavy atom. The van der Waals surface area contributed by atoms with Crippen LogP contribution >= 0.6 is 0 Å². The maximum absolute atomic E-state index is 11.9. The Labute approximate surface area is 147 Å². The zero-order valence-electron chi connectivity index (χ0n) is 14.5. The fourth-order valence-electron chi connectivity index (χ4n) is 2.53. The number of hydrogen-bond acceptors (Lipinski definition) is 5. The van der Waals surface area contributed by atoms with E-state index in [1.807, 2.05) is 13.0 Å². The molecule has 0 fully saturated rings. The number of anilines is 1. The molecule has 0 aromatic heterocycles. The highest BCUT2D eigenvalue weighted by atomic mass is 16.3. The molecule has 1 aromatic rings. The molecule has 0 radical (unpaired) electrons. The topological polar surface area (TPSA) is 78.4 Å². The SMILES string of the molecule is C=C/C=C(\C=C)CNC1=C(Nc2cc(C)cc(C(C)=O)c2O)C(=O)C1. The van der Waals surface area contributed by atoms with Crippen LogP contribution in [0.15, 0.2) is 60.5 Å². The van der Waals surface area contributed by atoms with Gasteiger partial charge in [-0.05, 0) is 37.1 Å². The summed E-state index contributed by atoms with van der Waals surface area (Å²) in [7, 11) is 0. The average molecular weight is 338 g/mol. The van der Waals surface area contributed by atoms with Crippen molar-refractivity contribution in [3.63, 3.8) is 0 Å². The maximum atomic E-state index is 11.9. The molecule has 0 amide bonds. The molecule has 1 aliphatic rings. The number of phenols is 1. The van der Waals surface area contributed by atoms with E-state index in [2.05, 4.69) is 23.8 Å². The number of aromatic hydroxyl groups is 1. The quantitative estimate of drug-likeness (QED) is 0.385. The van der Waals surface area contributed by atoms with E-state index in [4.69, 9.17) is 0 Å². The second-order valence-electron chi connectivity index (χ2n) is 5.88. The van der Waals surface area contributed by atoms with Crippen molar-refractivity contribution in [2.45, 2.75) is 20.3 Å². The molecule has 25 heavy (non-hydrogen) atoms. The number of carbonyl (C=O) groups is 2. The van der Waals surface area contributed by atoms with Gasteiger partial charge in [0.25, 0.3) is 0 Å². The third kappa shape index (κ3) is 4.07. The number of aryl methyl sites for hydroxylation is 1. The molecule has 0 saturated carbocycles. The standard InChI is InChI=1S/C20H22N2O3/c1-5-7-14(6-2)11-21-16-10-18(24)19(16)22-17-9-12(3)8-15(13(4)23)20(17)25/h5-9,21-22,25H,1-2,10-11H2,3-4H3/b14-7+. The fraction of sp³-hybridized carbons (Fsp3) is 0.200. The van der Waals surface area contributed by atoms with Gasteiger partial charge in [0.15, 0.2) is 11.6 Å². The minimum Gasteiger partial charge on any atom is -0.505 e. The number of benzene rings is 1. The van der Waals surface area contributed by atoms with Crippen LogP contribution in [0.2, 0.25) is 0 Å². The molecule has 0 saturated heterocycles. The molecule has 1 aromatic carbocycles. The first-order chi connectivity index (χ1) is 11.9. The summed E-state index contributed by atoms with van der Waals surface area (Å²) in [4.78, 5) is 23.6. The Morgan fingerprint density at radius 2 is 2.08 bits per heavy atom. The van der Waals surface area contributed by atoms with E-state index in [0.29, 0.717) is 24.4 Å². The van der Waals surface area contributed by atoms with Crippen LogP contribution in [-0.2, 0) is 4.79 Å². The summed E-state index contributed by atoms with van der Waals surface area (Å²) in [6, 6.07) is 3.32. The number of nitrogens with one attached hydrogen (secondary N) is 2. The summed E-state index contributed by atoms with van der Waals surface area (Å²) in [6.07, 6.45) is 5.52. The molecule has 130 valence electrons. The van der Waals surface area contributed by atoms with Crippen molar-refractivity contribution >= 4 is 17.3 Å². The van der Waals surface area contributed by atoms with E-state index in [9.17, 15) is 14.7 Å². The molecule has 0 aliphatic heterocycles. The van der Waals surface area contributed by atoms with Gasteiger partial charge in [0.2, 0.25) is 0 Å². The molecular formula is C20H22N2O3. The largest absolute Gasteiger partial charge is 0.505 e. The highest BCUT2D eigenvalue weighted by molar-refractivity contribution is 6.07. The molecular weight excluding hydrogens is 316 g/mol. The predicted octanol–water partition coefficient (Wildman–Crippen LogP) is 3.39. The first-order valence-corrected chi connectivity index (χ1v) is 7.93. The molecule has 3 N–H and O–H groups in total. The van der Waals surface area contributed by atoms with Crippen molar-refractivity contribution in [3.8, 4) is 5.75 Å². The fourth-order valence-corrected chi connectivity index (χ4v) is 2.53.